The Kier molecular flexibility index (Phi) is 3.57. The van der Waals surface area contributed by atoms with Gasteiger partial charge in [0, 0.05) is 0 Å². The van der Waals surface area contributed by atoms with E-state index in [0.717, 1.165) is 0 Å². The van der Waals surface area contributed by atoms with E-state index in [1.807, 2.05) is 0 Å². The van der Waals surface area contributed by atoms with E-state index in [2.05, 4.69) is 19.8 Å². The average molecular weight is 129 g/mol. The van der Waals surface area contributed by atoms with Crippen molar-refractivity contribution in [2.45, 2.75) is 6.17 Å². The third-order valence-corrected chi connectivity index (χ3v) is 0.725. The standard InChI is InChI=1S/C2H7N3.Fe/c3-1-2(4)5;/h2H,1,3-4H2;. The van der Waals surface area contributed by atoms with Crippen molar-refractivity contribution >= 4 is 0 Å². The maximum absolute atomic E-state index is 5.12. The van der Waals surface area contributed by atoms with Crippen molar-refractivity contribution in [3.8, 4) is 0 Å². The van der Waals surface area contributed by atoms with E-state index in [1.54, 1.807) is 0 Å². The second-order valence-corrected chi connectivity index (χ2v) is 1.18. The van der Waals surface area contributed by atoms with Gasteiger partial charge in [0.25, 0.3) is 0 Å². The van der Waals surface area contributed by atoms with E-state index in [1.165, 1.54) is 0 Å². The van der Waals surface area contributed by atoms with Crippen LogP contribution in [0.5, 0.6) is 0 Å². The Balaban J connectivity index is 2.96. The van der Waals surface area contributed by atoms with Gasteiger partial charge in [0.1, 0.15) is 0 Å². The van der Waals surface area contributed by atoms with Crippen molar-refractivity contribution in [1.82, 2.24) is 0 Å². The maximum atomic E-state index is 5.12. The molecule has 0 heterocycles. The van der Waals surface area contributed by atoms with Gasteiger partial charge in [-0.15, -0.1) is 0 Å². The SMILES string of the molecule is NCC(N)[N]=[Fe]. The van der Waals surface area contributed by atoms with Gasteiger partial charge >= 0.3 is 44.0 Å². The van der Waals surface area contributed by atoms with Crippen LogP contribution in [-0.4, -0.2) is 12.7 Å². The molecule has 0 aliphatic carbocycles. The number of nitrogens with zero attached hydrogens (tertiary/aromatic N) is 1. The van der Waals surface area contributed by atoms with E-state index in [9.17, 15) is 0 Å². The summed E-state index contributed by atoms with van der Waals surface area (Å²) in [5, 5.41) is 0. The van der Waals surface area contributed by atoms with Gasteiger partial charge in [0.15, 0.2) is 0 Å². The number of rotatable bonds is 2. The first-order chi connectivity index (χ1) is 2.81. The average Bonchev–Trinajstić information content (AvgIpc) is 1.65. The quantitative estimate of drug-likeness (QED) is 0.467. The summed E-state index contributed by atoms with van der Waals surface area (Å²) in [5.74, 6) is 0. The third kappa shape index (κ3) is 2.48. The van der Waals surface area contributed by atoms with E-state index in [-0.39, 0.29) is 6.17 Å². The molecule has 0 aromatic rings. The van der Waals surface area contributed by atoms with Gasteiger partial charge in [0.05, 0.1) is 0 Å². The van der Waals surface area contributed by atoms with Crippen LogP contribution in [0.2, 0.25) is 0 Å². The van der Waals surface area contributed by atoms with E-state index >= 15 is 0 Å². The van der Waals surface area contributed by atoms with Crippen molar-refractivity contribution in [1.29, 1.82) is 0 Å². The van der Waals surface area contributed by atoms with Crippen LogP contribution in [0.4, 0.5) is 0 Å². The Labute approximate surface area is 44.7 Å². The van der Waals surface area contributed by atoms with Gasteiger partial charge < -0.3 is 0 Å². The van der Waals surface area contributed by atoms with Crippen LogP contribution < -0.4 is 11.5 Å². The second-order valence-electron chi connectivity index (χ2n) is 0.894. The Morgan fingerprint density at radius 2 is 2.33 bits per heavy atom. The fraction of sp³-hybridized carbons (Fsp3) is 1.00. The zero-order valence-electron chi connectivity index (χ0n) is 3.24. The first kappa shape index (κ1) is 6.24. The predicted octanol–water partition coefficient (Wildman–Crippen LogP) is -1.04. The van der Waals surface area contributed by atoms with Crippen LogP contribution in [0.25, 0.3) is 0 Å². The Morgan fingerprint density at radius 3 is 2.33 bits per heavy atom. The molecule has 0 radical (unpaired) electrons. The molecule has 38 valence electrons. The Morgan fingerprint density at radius 1 is 1.83 bits per heavy atom. The first-order valence-corrected chi connectivity index (χ1v) is 2.06. The summed E-state index contributed by atoms with van der Waals surface area (Å²) in [6, 6.07) is 0. The fourth-order valence-electron chi connectivity index (χ4n) is 0.0373. The third-order valence-electron chi connectivity index (χ3n) is 0.359. The second kappa shape index (κ2) is 3.43. The van der Waals surface area contributed by atoms with Gasteiger partial charge in [-0.1, -0.05) is 0 Å². The predicted molar refractivity (Wildman–Crippen MR) is 19.5 cm³/mol. The normalized spacial score (nSPS) is 13.8. The molecule has 0 aromatic heterocycles. The minimum absolute atomic E-state index is 0.273. The van der Waals surface area contributed by atoms with E-state index in [0.29, 0.717) is 6.54 Å². The van der Waals surface area contributed by atoms with Gasteiger partial charge in [-0.3, -0.25) is 0 Å². The molecule has 0 aliphatic rings. The van der Waals surface area contributed by atoms with Crippen LogP contribution in [-0.2, 0) is 15.8 Å². The molecule has 4 N–H and O–H groups in total. The Hall–Kier alpha value is 0.239. The summed E-state index contributed by atoms with van der Waals surface area (Å²) in [7, 11) is 0. The molecule has 0 aliphatic heterocycles. The summed E-state index contributed by atoms with van der Waals surface area (Å²) in [6.45, 7) is 0.378. The zero-order chi connectivity index (χ0) is 4.99. The van der Waals surface area contributed by atoms with Crippen LogP contribution in [0, 0.1) is 0 Å². The summed E-state index contributed by atoms with van der Waals surface area (Å²) in [6.07, 6.45) is -0.273. The van der Waals surface area contributed by atoms with Crippen molar-refractivity contribution < 1.29 is 15.8 Å². The van der Waals surface area contributed by atoms with Crippen LogP contribution in [0.1, 0.15) is 0 Å². The van der Waals surface area contributed by atoms with Gasteiger partial charge in [-0.05, 0) is 0 Å². The molecule has 0 spiro atoms. The van der Waals surface area contributed by atoms with Crippen molar-refractivity contribution in [2.75, 3.05) is 6.54 Å². The van der Waals surface area contributed by atoms with E-state index in [4.69, 9.17) is 11.5 Å². The number of nitrogens with two attached hydrogens (primary N) is 2. The zero-order valence-corrected chi connectivity index (χ0v) is 4.34. The number of hydrogen-bond donors (Lipinski definition) is 2. The molecule has 0 fully saturated rings. The van der Waals surface area contributed by atoms with E-state index < -0.39 is 0 Å². The van der Waals surface area contributed by atoms with Gasteiger partial charge in [-0.25, -0.2) is 0 Å². The van der Waals surface area contributed by atoms with Crippen molar-refractivity contribution in [3.63, 3.8) is 0 Å². The summed E-state index contributed by atoms with van der Waals surface area (Å²) < 4.78 is 3.41. The molecule has 1 unspecified atom stereocenters. The molecule has 4 heteroatoms. The van der Waals surface area contributed by atoms with Crippen LogP contribution >= 0.6 is 0 Å². The first-order valence-electron chi connectivity index (χ1n) is 1.57. The topological polar surface area (TPSA) is 64.4 Å². The summed E-state index contributed by atoms with van der Waals surface area (Å²) in [4.78, 5) is 0. The molecule has 1 atom stereocenters. The molecule has 0 saturated heterocycles. The minimum atomic E-state index is -0.273. The molecular weight excluding hydrogens is 122 g/mol. The molecular formula is C2H7FeN3. The molecule has 0 rings (SSSR count). The van der Waals surface area contributed by atoms with Crippen molar-refractivity contribution in [3.05, 3.63) is 0 Å². The molecule has 6 heavy (non-hydrogen) atoms. The fourth-order valence-corrected chi connectivity index (χ4v) is 0.154. The molecule has 0 aromatic carbocycles. The van der Waals surface area contributed by atoms with Crippen molar-refractivity contribution in [2.24, 2.45) is 15.4 Å². The van der Waals surface area contributed by atoms with Gasteiger partial charge in [-0.2, -0.15) is 0 Å². The Bertz CT molecular complexity index is 46.1. The van der Waals surface area contributed by atoms with Gasteiger partial charge in [0.2, 0.25) is 0 Å². The molecule has 3 nitrogen and oxygen atoms in total. The van der Waals surface area contributed by atoms with Crippen LogP contribution in [0.3, 0.4) is 0 Å². The van der Waals surface area contributed by atoms with Crippen LogP contribution in [0.15, 0.2) is 3.96 Å². The molecule has 0 bridgehead atoms. The summed E-state index contributed by atoms with van der Waals surface area (Å²) in [5.41, 5.74) is 10.1. The number of hydrogen-bond acceptors (Lipinski definition) is 3. The monoisotopic (exact) mass is 129 g/mol. The molecule has 0 saturated carbocycles. The molecule has 0 amide bonds. The summed E-state index contributed by atoms with van der Waals surface area (Å²) >= 11 is 3.18.